The zero-order valence-electron chi connectivity index (χ0n) is 15.8. The molecule has 0 aliphatic carbocycles. The molecule has 0 fully saturated rings. The minimum Gasteiger partial charge on any atom is -0.366 e. The standard InChI is InChI=1S/C18H18N8O3S/c1-30(28,29)24-15-4-2-3-14(8-15)21-17(27)11-25-10-13(9-20-25)12-5-6-26-16(7-12)22-18(19)23-26/h2-10,24H,11H2,1H3,(H2,19,23)(H,21,27). The van der Waals surface area contributed by atoms with Gasteiger partial charge in [-0.05, 0) is 35.9 Å². The maximum Gasteiger partial charge on any atom is 0.246 e. The van der Waals surface area contributed by atoms with E-state index in [2.05, 4.69) is 25.2 Å². The van der Waals surface area contributed by atoms with Crippen molar-refractivity contribution in [2.24, 2.45) is 0 Å². The van der Waals surface area contributed by atoms with Gasteiger partial charge in [0, 0.05) is 23.6 Å². The van der Waals surface area contributed by atoms with Gasteiger partial charge in [0.05, 0.1) is 18.1 Å². The molecule has 30 heavy (non-hydrogen) atoms. The number of nitrogens with two attached hydrogens (primary N) is 1. The highest BCUT2D eigenvalue weighted by Gasteiger charge is 2.09. The van der Waals surface area contributed by atoms with Gasteiger partial charge in [-0.25, -0.2) is 12.9 Å². The van der Waals surface area contributed by atoms with E-state index < -0.39 is 10.0 Å². The van der Waals surface area contributed by atoms with Crippen LogP contribution in [0.15, 0.2) is 55.0 Å². The van der Waals surface area contributed by atoms with Gasteiger partial charge in [-0.15, -0.1) is 5.10 Å². The van der Waals surface area contributed by atoms with Gasteiger partial charge < -0.3 is 11.1 Å². The first kappa shape index (κ1) is 19.4. The highest BCUT2D eigenvalue weighted by Crippen LogP contribution is 2.20. The molecule has 3 aromatic heterocycles. The number of sulfonamides is 1. The predicted octanol–water partition coefficient (Wildman–Crippen LogP) is 1.19. The van der Waals surface area contributed by atoms with E-state index in [9.17, 15) is 13.2 Å². The first-order valence-corrected chi connectivity index (χ1v) is 10.7. The van der Waals surface area contributed by atoms with Crippen LogP contribution >= 0.6 is 0 Å². The fraction of sp³-hybridized carbons (Fsp3) is 0.111. The Labute approximate surface area is 171 Å². The topological polar surface area (TPSA) is 149 Å². The lowest BCUT2D eigenvalue weighted by Gasteiger charge is -2.08. The van der Waals surface area contributed by atoms with Crippen LogP contribution < -0.4 is 15.8 Å². The summed E-state index contributed by atoms with van der Waals surface area (Å²) in [5.41, 5.74) is 8.72. The van der Waals surface area contributed by atoms with Crippen molar-refractivity contribution in [2.45, 2.75) is 6.54 Å². The van der Waals surface area contributed by atoms with Gasteiger partial charge in [0.25, 0.3) is 0 Å². The number of pyridine rings is 1. The Morgan fingerprint density at radius 1 is 1.17 bits per heavy atom. The molecular formula is C18H18N8O3S. The molecule has 0 aliphatic heterocycles. The molecule has 1 aromatic carbocycles. The summed E-state index contributed by atoms with van der Waals surface area (Å²) in [6.07, 6.45) is 6.20. The van der Waals surface area contributed by atoms with Crippen LogP contribution in [-0.4, -0.2) is 45.0 Å². The lowest BCUT2D eigenvalue weighted by Crippen LogP contribution is -2.19. The monoisotopic (exact) mass is 426 g/mol. The molecular weight excluding hydrogens is 408 g/mol. The molecule has 154 valence electrons. The van der Waals surface area contributed by atoms with Crippen molar-refractivity contribution in [1.82, 2.24) is 24.4 Å². The van der Waals surface area contributed by atoms with Gasteiger partial charge in [0.15, 0.2) is 5.65 Å². The number of hydrogen-bond donors (Lipinski definition) is 3. The molecule has 0 radical (unpaired) electrons. The van der Waals surface area contributed by atoms with Crippen LogP contribution in [0, 0.1) is 0 Å². The normalized spacial score (nSPS) is 11.5. The molecule has 1 amide bonds. The summed E-state index contributed by atoms with van der Waals surface area (Å²) in [6.45, 7) is -0.0101. The molecule has 0 atom stereocenters. The lowest BCUT2D eigenvalue weighted by atomic mass is 10.1. The maximum absolute atomic E-state index is 12.4. The van der Waals surface area contributed by atoms with Crippen molar-refractivity contribution in [3.05, 3.63) is 55.0 Å². The molecule has 12 heteroatoms. The number of aromatic nitrogens is 5. The van der Waals surface area contributed by atoms with Crippen LogP contribution in [0.2, 0.25) is 0 Å². The molecule has 3 heterocycles. The Morgan fingerprint density at radius 3 is 2.77 bits per heavy atom. The number of nitrogens with zero attached hydrogens (tertiary/aromatic N) is 5. The minimum absolute atomic E-state index is 0.0101. The SMILES string of the molecule is CS(=O)(=O)Nc1cccc(NC(=O)Cn2cc(-c3ccn4nc(N)nc4c3)cn2)c1. The van der Waals surface area contributed by atoms with Crippen molar-refractivity contribution in [3.63, 3.8) is 0 Å². The summed E-state index contributed by atoms with van der Waals surface area (Å²) in [5.74, 6) is -0.114. The van der Waals surface area contributed by atoms with E-state index in [-0.39, 0.29) is 18.4 Å². The summed E-state index contributed by atoms with van der Waals surface area (Å²) in [5, 5.41) is 11.0. The highest BCUT2D eigenvalue weighted by atomic mass is 32.2. The zero-order chi connectivity index (χ0) is 21.3. The van der Waals surface area contributed by atoms with E-state index in [0.717, 1.165) is 17.4 Å². The van der Waals surface area contributed by atoms with Crippen molar-refractivity contribution in [3.8, 4) is 11.1 Å². The Bertz CT molecular complexity index is 1340. The number of rotatable bonds is 6. The molecule has 0 bridgehead atoms. The Balaban J connectivity index is 1.44. The fourth-order valence-electron chi connectivity index (χ4n) is 2.90. The third kappa shape index (κ3) is 4.55. The first-order valence-electron chi connectivity index (χ1n) is 8.78. The molecule has 4 rings (SSSR count). The number of benzene rings is 1. The second kappa shape index (κ2) is 7.48. The van der Waals surface area contributed by atoms with Gasteiger partial charge in [-0.1, -0.05) is 6.07 Å². The Hall–Kier alpha value is -3.93. The zero-order valence-corrected chi connectivity index (χ0v) is 16.7. The van der Waals surface area contributed by atoms with Crippen LogP contribution in [0.3, 0.4) is 0 Å². The Morgan fingerprint density at radius 2 is 1.97 bits per heavy atom. The molecule has 4 aromatic rings. The summed E-state index contributed by atoms with van der Waals surface area (Å²) >= 11 is 0. The largest absolute Gasteiger partial charge is 0.366 e. The van der Waals surface area contributed by atoms with Crippen LogP contribution in [0.1, 0.15) is 0 Å². The number of nitrogen functional groups attached to an aromatic ring is 1. The predicted molar refractivity (Wildman–Crippen MR) is 112 cm³/mol. The van der Waals surface area contributed by atoms with Crippen molar-refractivity contribution in [1.29, 1.82) is 0 Å². The van der Waals surface area contributed by atoms with E-state index >= 15 is 0 Å². The third-order valence-corrected chi connectivity index (χ3v) is 4.68. The third-order valence-electron chi connectivity index (χ3n) is 4.08. The van der Waals surface area contributed by atoms with Gasteiger partial charge in [-0.3, -0.25) is 14.2 Å². The second-order valence-electron chi connectivity index (χ2n) is 6.62. The first-order chi connectivity index (χ1) is 14.2. The van der Waals surface area contributed by atoms with E-state index in [1.54, 1.807) is 41.3 Å². The fourth-order valence-corrected chi connectivity index (χ4v) is 3.45. The second-order valence-corrected chi connectivity index (χ2v) is 8.37. The van der Waals surface area contributed by atoms with Crippen LogP contribution in [0.4, 0.5) is 17.3 Å². The lowest BCUT2D eigenvalue weighted by molar-refractivity contribution is -0.116. The molecule has 11 nitrogen and oxygen atoms in total. The summed E-state index contributed by atoms with van der Waals surface area (Å²) in [7, 11) is -3.40. The molecule has 0 saturated carbocycles. The molecule has 4 N–H and O–H groups in total. The van der Waals surface area contributed by atoms with Crippen LogP contribution in [0.25, 0.3) is 16.8 Å². The van der Waals surface area contributed by atoms with Crippen molar-refractivity contribution < 1.29 is 13.2 Å². The molecule has 0 saturated heterocycles. The van der Waals surface area contributed by atoms with Crippen LogP contribution in [0.5, 0.6) is 0 Å². The smallest absolute Gasteiger partial charge is 0.246 e. The summed E-state index contributed by atoms with van der Waals surface area (Å²) in [4.78, 5) is 16.5. The van der Waals surface area contributed by atoms with Gasteiger partial charge in [-0.2, -0.15) is 10.1 Å². The van der Waals surface area contributed by atoms with E-state index in [0.29, 0.717) is 17.0 Å². The minimum atomic E-state index is -3.40. The highest BCUT2D eigenvalue weighted by molar-refractivity contribution is 7.92. The van der Waals surface area contributed by atoms with Crippen molar-refractivity contribution >= 4 is 38.9 Å². The van der Waals surface area contributed by atoms with E-state index in [1.807, 2.05) is 12.1 Å². The molecule has 0 aliphatic rings. The molecule has 0 spiro atoms. The number of amides is 1. The maximum atomic E-state index is 12.4. The van der Waals surface area contributed by atoms with Crippen LogP contribution in [-0.2, 0) is 21.4 Å². The average Bonchev–Trinajstić information content (AvgIpc) is 3.25. The number of fused-ring (bicyclic) bond motifs is 1. The van der Waals surface area contributed by atoms with Gasteiger partial charge in [0.2, 0.25) is 21.9 Å². The average molecular weight is 426 g/mol. The Kier molecular flexibility index (Phi) is 4.83. The number of carbonyl (C=O) groups excluding carboxylic acids is 1. The van der Waals surface area contributed by atoms with E-state index in [4.69, 9.17) is 5.73 Å². The summed E-state index contributed by atoms with van der Waals surface area (Å²) in [6, 6.07) is 10.1. The number of anilines is 3. The number of carbonyl (C=O) groups is 1. The van der Waals surface area contributed by atoms with Gasteiger partial charge in [0.1, 0.15) is 6.54 Å². The summed E-state index contributed by atoms with van der Waals surface area (Å²) < 4.78 is 28.1. The van der Waals surface area contributed by atoms with Crippen molar-refractivity contribution in [2.75, 3.05) is 22.0 Å². The quantitative estimate of drug-likeness (QED) is 0.419. The number of hydrogen-bond acceptors (Lipinski definition) is 7. The number of nitrogens with one attached hydrogen (secondary N) is 2. The van der Waals surface area contributed by atoms with E-state index in [1.165, 1.54) is 10.7 Å². The van der Waals surface area contributed by atoms with Gasteiger partial charge >= 0.3 is 0 Å². The molecule has 0 unspecified atom stereocenters.